The molecule has 0 fully saturated rings. The molecule has 0 radical (unpaired) electrons. The van der Waals surface area contributed by atoms with Gasteiger partial charge in [-0.3, -0.25) is 0 Å². The molecule has 0 spiro atoms. The average Bonchev–Trinajstić information content (AvgIpc) is 2.57. The molecule has 72 valence electrons. The summed E-state index contributed by atoms with van der Waals surface area (Å²) in [4.78, 5) is 4.23. The number of aromatic nitrogens is 5. The second-order valence-electron chi connectivity index (χ2n) is 2.97. The highest BCUT2D eigenvalue weighted by atomic mass is 15.4. The van der Waals surface area contributed by atoms with Crippen molar-refractivity contribution in [1.29, 1.82) is 0 Å². The molecule has 2 rings (SSSR count). The molecule has 0 saturated heterocycles. The monoisotopic (exact) mass is 190 g/mol. The van der Waals surface area contributed by atoms with E-state index in [1.54, 1.807) is 12.3 Å². The molecule has 14 heavy (non-hydrogen) atoms. The summed E-state index contributed by atoms with van der Waals surface area (Å²) in [5.41, 5.74) is 7.13. The SMILES string of the molecule is Cc1nnc(-n2ccc(N)n2)nc1C. The van der Waals surface area contributed by atoms with Crippen LogP contribution in [-0.4, -0.2) is 25.0 Å². The lowest BCUT2D eigenvalue weighted by Gasteiger charge is -2.00. The highest BCUT2D eigenvalue weighted by Gasteiger charge is 2.04. The summed E-state index contributed by atoms with van der Waals surface area (Å²) < 4.78 is 1.49. The lowest BCUT2D eigenvalue weighted by molar-refractivity contribution is 0.754. The van der Waals surface area contributed by atoms with Gasteiger partial charge in [0.25, 0.3) is 5.95 Å². The number of hydrogen-bond donors (Lipinski definition) is 1. The first-order valence-electron chi connectivity index (χ1n) is 4.16. The molecule has 6 nitrogen and oxygen atoms in total. The predicted octanol–water partition coefficient (Wildman–Crippen LogP) is 0.256. The van der Waals surface area contributed by atoms with Crippen molar-refractivity contribution in [2.45, 2.75) is 13.8 Å². The normalized spacial score (nSPS) is 10.4. The van der Waals surface area contributed by atoms with E-state index in [4.69, 9.17) is 5.73 Å². The third kappa shape index (κ3) is 1.41. The minimum atomic E-state index is 0.435. The van der Waals surface area contributed by atoms with E-state index < -0.39 is 0 Å². The molecule has 6 heteroatoms. The van der Waals surface area contributed by atoms with Gasteiger partial charge in [0, 0.05) is 12.3 Å². The average molecular weight is 190 g/mol. The molecule has 0 aliphatic heterocycles. The smallest absolute Gasteiger partial charge is 0.270 e. The van der Waals surface area contributed by atoms with Crippen molar-refractivity contribution in [3.05, 3.63) is 23.7 Å². The van der Waals surface area contributed by atoms with E-state index >= 15 is 0 Å². The first kappa shape index (κ1) is 8.61. The predicted molar refractivity (Wildman–Crippen MR) is 50.8 cm³/mol. The highest BCUT2D eigenvalue weighted by Crippen LogP contribution is 2.04. The molecule has 0 atom stereocenters. The topological polar surface area (TPSA) is 82.5 Å². The van der Waals surface area contributed by atoms with Gasteiger partial charge in [-0.25, -0.2) is 9.67 Å². The quantitative estimate of drug-likeness (QED) is 0.697. The molecule has 2 aromatic heterocycles. The van der Waals surface area contributed by atoms with E-state index in [1.165, 1.54) is 4.68 Å². The fourth-order valence-corrected chi connectivity index (χ4v) is 0.992. The van der Waals surface area contributed by atoms with Gasteiger partial charge in [-0.05, 0) is 13.8 Å². The minimum absolute atomic E-state index is 0.435. The van der Waals surface area contributed by atoms with E-state index in [-0.39, 0.29) is 0 Å². The van der Waals surface area contributed by atoms with Crippen LogP contribution in [0.2, 0.25) is 0 Å². The van der Waals surface area contributed by atoms with E-state index in [1.807, 2.05) is 13.8 Å². The maximum atomic E-state index is 5.48. The Kier molecular flexibility index (Phi) is 1.88. The summed E-state index contributed by atoms with van der Waals surface area (Å²) in [6.45, 7) is 3.73. The second kappa shape index (κ2) is 3.06. The van der Waals surface area contributed by atoms with Crippen LogP contribution in [0, 0.1) is 13.8 Å². The summed E-state index contributed by atoms with van der Waals surface area (Å²) in [6.07, 6.45) is 1.70. The number of rotatable bonds is 1. The first-order valence-corrected chi connectivity index (χ1v) is 4.16. The molecule has 2 N–H and O–H groups in total. The van der Waals surface area contributed by atoms with Crippen molar-refractivity contribution in [3.8, 4) is 5.95 Å². The zero-order chi connectivity index (χ0) is 10.1. The summed E-state index contributed by atoms with van der Waals surface area (Å²) in [5, 5.41) is 11.8. The third-order valence-corrected chi connectivity index (χ3v) is 1.90. The van der Waals surface area contributed by atoms with Gasteiger partial charge in [0.2, 0.25) is 0 Å². The molecule has 0 bridgehead atoms. The lowest BCUT2D eigenvalue weighted by Crippen LogP contribution is -2.06. The van der Waals surface area contributed by atoms with Crippen molar-refractivity contribution >= 4 is 5.82 Å². The van der Waals surface area contributed by atoms with Crippen molar-refractivity contribution in [2.75, 3.05) is 5.73 Å². The molecule has 2 heterocycles. The summed E-state index contributed by atoms with van der Waals surface area (Å²) >= 11 is 0. The van der Waals surface area contributed by atoms with Crippen molar-refractivity contribution < 1.29 is 0 Å². The number of nitrogen functional groups attached to an aromatic ring is 1. The fraction of sp³-hybridized carbons (Fsp3) is 0.250. The van der Waals surface area contributed by atoms with Crippen LogP contribution in [0.4, 0.5) is 5.82 Å². The van der Waals surface area contributed by atoms with Gasteiger partial charge < -0.3 is 5.73 Å². The first-order chi connectivity index (χ1) is 6.66. The molecule has 0 saturated carbocycles. The number of nitrogens with zero attached hydrogens (tertiary/aromatic N) is 5. The van der Waals surface area contributed by atoms with Crippen molar-refractivity contribution in [2.24, 2.45) is 0 Å². The molecule has 0 aromatic carbocycles. The highest BCUT2D eigenvalue weighted by molar-refractivity contribution is 5.27. The van der Waals surface area contributed by atoms with Gasteiger partial charge in [-0.15, -0.1) is 10.2 Å². The Morgan fingerprint density at radius 2 is 2.00 bits per heavy atom. The molecule has 0 aliphatic rings. The van der Waals surface area contributed by atoms with Gasteiger partial charge in [-0.1, -0.05) is 0 Å². The lowest BCUT2D eigenvalue weighted by atomic mass is 10.4. The molecular formula is C8H10N6. The van der Waals surface area contributed by atoms with E-state index in [0.717, 1.165) is 11.4 Å². The van der Waals surface area contributed by atoms with Gasteiger partial charge in [0.15, 0.2) is 0 Å². The Balaban J connectivity index is 2.47. The largest absolute Gasteiger partial charge is 0.382 e. The Hall–Kier alpha value is -1.98. The van der Waals surface area contributed by atoms with Crippen molar-refractivity contribution in [1.82, 2.24) is 25.0 Å². The second-order valence-corrected chi connectivity index (χ2v) is 2.97. The van der Waals surface area contributed by atoms with Crippen LogP contribution in [0.25, 0.3) is 5.95 Å². The zero-order valence-corrected chi connectivity index (χ0v) is 7.97. The van der Waals surface area contributed by atoms with Crippen LogP contribution in [-0.2, 0) is 0 Å². The van der Waals surface area contributed by atoms with Gasteiger partial charge >= 0.3 is 0 Å². The third-order valence-electron chi connectivity index (χ3n) is 1.90. The molecule has 0 amide bonds. The van der Waals surface area contributed by atoms with E-state index in [9.17, 15) is 0 Å². The van der Waals surface area contributed by atoms with Crippen LogP contribution in [0.1, 0.15) is 11.4 Å². The number of hydrogen-bond acceptors (Lipinski definition) is 5. The summed E-state index contributed by atoms with van der Waals surface area (Å²) in [7, 11) is 0. The fourth-order valence-electron chi connectivity index (χ4n) is 0.992. The number of aryl methyl sites for hydroxylation is 2. The molecule has 0 aliphatic carbocycles. The molecule has 0 unspecified atom stereocenters. The number of nitrogens with two attached hydrogens (primary N) is 1. The van der Waals surface area contributed by atoms with E-state index in [2.05, 4.69) is 20.3 Å². The van der Waals surface area contributed by atoms with E-state index in [0.29, 0.717) is 11.8 Å². The zero-order valence-electron chi connectivity index (χ0n) is 7.97. The number of anilines is 1. The maximum Gasteiger partial charge on any atom is 0.270 e. The Labute approximate surface area is 80.8 Å². The van der Waals surface area contributed by atoms with Crippen LogP contribution in [0.3, 0.4) is 0 Å². The summed E-state index contributed by atoms with van der Waals surface area (Å²) in [6, 6.07) is 1.68. The van der Waals surface area contributed by atoms with Crippen LogP contribution >= 0.6 is 0 Å². The minimum Gasteiger partial charge on any atom is -0.382 e. The summed E-state index contributed by atoms with van der Waals surface area (Å²) in [5.74, 6) is 0.872. The van der Waals surface area contributed by atoms with Gasteiger partial charge in [0.05, 0.1) is 11.4 Å². The standard InChI is InChI=1S/C8H10N6/c1-5-6(2)11-12-8(10-5)14-4-3-7(9)13-14/h3-4H,1-2H3,(H2,9,13). The van der Waals surface area contributed by atoms with Crippen molar-refractivity contribution in [3.63, 3.8) is 0 Å². The Morgan fingerprint density at radius 1 is 1.21 bits per heavy atom. The Morgan fingerprint density at radius 3 is 2.57 bits per heavy atom. The van der Waals surface area contributed by atoms with Gasteiger partial charge in [-0.2, -0.15) is 5.10 Å². The molecular weight excluding hydrogens is 180 g/mol. The van der Waals surface area contributed by atoms with Crippen LogP contribution in [0.5, 0.6) is 0 Å². The van der Waals surface area contributed by atoms with Crippen LogP contribution in [0.15, 0.2) is 12.3 Å². The van der Waals surface area contributed by atoms with Gasteiger partial charge in [0.1, 0.15) is 5.82 Å². The Bertz CT molecular complexity index is 461. The molecule has 2 aromatic rings. The maximum absolute atomic E-state index is 5.48. The van der Waals surface area contributed by atoms with Crippen LogP contribution < -0.4 is 5.73 Å².